The summed E-state index contributed by atoms with van der Waals surface area (Å²) in [4.78, 5) is -0.280. The molecule has 0 aliphatic rings. The van der Waals surface area contributed by atoms with Crippen molar-refractivity contribution in [1.29, 1.82) is 5.26 Å². The number of nitrogens with zero attached hydrogens (tertiary/aromatic N) is 1. The fourth-order valence-electron chi connectivity index (χ4n) is 1.61. The lowest BCUT2D eigenvalue weighted by Gasteiger charge is -2.09. The largest absolute Gasteiger partial charge is 0.399 e. The van der Waals surface area contributed by atoms with Crippen LogP contribution >= 0.6 is 0 Å². The Morgan fingerprint density at radius 1 is 1.20 bits per heavy atom. The number of benzene rings is 2. The fraction of sp³-hybridized carbons (Fsp3) is 0. The average Bonchev–Trinajstić information content (AvgIpc) is 2.37. The van der Waals surface area contributed by atoms with Crippen molar-refractivity contribution < 1.29 is 12.8 Å². The van der Waals surface area contributed by atoms with Crippen LogP contribution in [0.1, 0.15) is 5.56 Å². The number of anilines is 2. The van der Waals surface area contributed by atoms with E-state index in [1.54, 1.807) is 0 Å². The SMILES string of the molecule is N#Cc1cccc(NS(=O)(=O)c2cc(N)cc(F)c2)c1. The molecule has 2 aromatic rings. The minimum Gasteiger partial charge on any atom is -0.399 e. The van der Waals surface area contributed by atoms with E-state index in [4.69, 9.17) is 11.0 Å². The van der Waals surface area contributed by atoms with E-state index in [1.165, 1.54) is 24.3 Å². The van der Waals surface area contributed by atoms with Crippen LogP contribution in [0.4, 0.5) is 15.8 Å². The Bertz CT molecular complexity index is 777. The molecule has 102 valence electrons. The lowest BCUT2D eigenvalue weighted by molar-refractivity contribution is 0.595. The minimum atomic E-state index is -3.96. The molecule has 2 aromatic carbocycles. The molecule has 2 rings (SSSR count). The first-order valence-corrected chi connectivity index (χ1v) is 6.98. The number of nitrogens with two attached hydrogens (primary N) is 1. The van der Waals surface area contributed by atoms with Crippen LogP contribution in [0.2, 0.25) is 0 Å². The Morgan fingerprint density at radius 2 is 1.95 bits per heavy atom. The van der Waals surface area contributed by atoms with E-state index in [-0.39, 0.29) is 16.3 Å². The molecule has 0 fully saturated rings. The second-order valence-corrected chi connectivity index (χ2v) is 5.70. The van der Waals surface area contributed by atoms with Crippen LogP contribution in [0.25, 0.3) is 0 Å². The first kappa shape index (κ1) is 13.8. The van der Waals surface area contributed by atoms with Crippen LogP contribution in [0.15, 0.2) is 47.4 Å². The molecule has 7 heteroatoms. The first-order chi connectivity index (χ1) is 9.40. The number of nitriles is 1. The van der Waals surface area contributed by atoms with Gasteiger partial charge in [0.2, 0.25) is 0 Å². The van der Waals surface area contributed by atoms with Gasteiger partial charge in [0.15, 0.2) is 0 Å². The van der Waals surface area contributed by atoms with Crippen LogP contribution in [0, 0.1) is 17.1 Å². The third-order valence-electron chi connectivity index (χ3n) is 2.45. The average molecular weight is 291 g/mol. The highest BCUT2D eigenvalue weighted by Crippen LogP contribution is 2.20. The summed E-state index contributed by atoms with van der Waals surface area (Å²) in [6.45, 7) is 0. The molecule has 0 radical (unpaired) electrons. The van der Waals surface area contributed by atoms with Gasteiger partial charge in [-0.3, -0.25) is 4.72 Å². The van der Waals surface area contributed by atoms with Crippen LogP contribution < -0.4 is 10.5 Å². The number of hydrogen-bond donors (Lipinski definition) is 2. The summed E-state index contributed by atoms with van der Waals surface area (Å²) in [5, 5.41) is 8.76. The van der Waals surface area contributed by atoms with E-state index < -0.39 is 15.8 Å². The highest BCUT2D eigenvalue weighted by Gasteiger charge is 2.16. The second kappa shape index (κ2) is 5.19. The third-order valence-corrected chi connectivity index (χ3v) is 3.81. The summed E-state index contributed by atoms with van der Waals surface area (Å²) in [6.07, 6.45) is 0. The van der Waals surface area contributed by atoms with Gasteiger partial charge in [-0.05, 0) is 36.4 Å². The Morgan fingerprint density at radius 3 is 2.60 bits per heavy atom. The standard InChI is InChI=1S/C13H10FN3O2S/c14-10-5-11(16)7-13(6-10)20(18,19)17-12-3-1-2-9(4-12)8-15/h1-7,17H,16H2. The molecule has 0 amide bonds. The lowest BCUT2D eigenvalue weighted by atomic mass is 10.2. The maximum Gasteiger partial charge on any atom is 0.262 e. The summed E-state index contributed by atoms with van der Waals surface area (Å²) in [6, 6.07) is 10.9. The van der Waals surface area contributed by atoms with Crippen molar-refractivity contribution in [3.8, 4) is 6.07 Å². The molecule has 3 N–H and O–H groups in total. The first-order valence-electron chi connectivity index (χ1n) is 5.50. The fourth-order valence-corrected chi connectivity index (χ4v) is 2.72. The lowest BCUT2D eigenvalue weighted by Crippen LogP contribution is -2.13. The molecule has 5 nitrogen and oxygen atoms in total. The molecule has 0 saturated heterocycles. The van der Waals surface area contributed by atoms with E-state index in [2.05, 4.69) is 4.72 Å². The van der Waals surface area contributed by atoms with Gasteiger partial charge in [-0.2, -0.15) is 5.26 Å². The van der Waals surface area contributed by atoms with Crippen LogP contribution in [-0.4, -0.2) is 8.42 Å². The Kier molecular flexibility index (Phi) is 3.59. The van der Waals surface area contributed by atoms with Crippen molar-refractivity contribution in [3.63, 3.8) is 0 Å². The van der Waals surface area contributed by atoms with Crippen molar-refractivity contribution in [3.05, 3.63) is 53.8 Å². The predicted molar refractivity (Wildman–Crippen MR) is 72.8 cm³/mol. The highest BCUT2D eigenvalue weighted by molar-refractivity contribution is 7.92. The molecule has 0 bridgehead atoms. The highest BCUT2D eigenvalue weighted by atomic mass is 32.2. The van der Waals surface area contributed by atoms with Gasteiger partial charge in [0.25, 0.3) is 10.0 Å². The maximum absolute atomic E-state index is 13.2. The molecule has 0 heterocycles. The van der Waals surface area contributed by atoms with Crippen molar-refractivity contribution in [2.24, 2.45) is 0 Å². The van der Waals surface area contributed by atoms with Crippen molar-refractivity contribution in [2.75, 3.05) is 10.5 Å². The van der Waals surface area contributed by atoms with E-state index in [1.807, 2.05) is 6.07 Å². The number of nitrogens with one attached hydrogen (secondary N) is 1. The van der Waals surface area contributed by atoms with Gasteiger partial charge in [0.05, 0.1) is 22.2 Å². The monoisotopic (exact) mass is 291 g/mol. The zero-order valence-corrected chi connectivity index (χ0v) is 11.0. The molecule has 0 atom stereocenters. The zero-order chi connectivity index (χ0) is 14.8. The van der Waals surface area contributed by atoms with Crippen molar-refractivity contribution in [2.45, 2.75) is 4.90 Å². The van der Waals surface area contributed by atoms with Crippen molar-refractivity contribution in [1.82, 2.24) is 0 Å². The van der Waals surface area contributed by atoms with Gasteiger partial charge < -0.3 is 5.73 Å². The van der Waals surface area contributed by atoms with Crippen LogP contribution in [-0.2, 0) is 10.0 Å². The topological polar surface area (TPSA) is 96.0 Å². The number of nitrogen functional groups attached to an aromatic ring is 1. The summed E-state index contributed by atoms with van der Waals surface area (Å²) < 4.78 is 39.6. The van der Waals surface area contributed by atoms with Gasteiger partial charge in [-0.25, -0.2) is 12.8 Å². The molecule has 0 unspecified atom stereocenters. The van der Waals surface area contributed by atoms with Gasteiger partial charge in [-0.1, -0.05) is 6.07 Å². The van der Waals surface area contributed by atoms with E-state index >= 15 is 0 Å². The van der Waals surface area contributed by atoms with Gasteiger partial charge in [0.1, 0.15) is 5.82 Å². The Balaban J connectivity index is 2.38. The normalized spacial score (nSPS) is 10.8. The molecule has 20 heavy (non-hydrogen) atoms. The third kappa shape index (κ3) is 3.05. The number of sulfonamides is 1. The number of hydrogen-bond acceptors (Lipinski definition) is 4. The van der Waals surface area contributed by atoms with Gasteiger partial charge in [-0.15, -0.1) is 0 Å². The molecule has 0 aliphatic heterocycles. The van der Waals surface area contributed by atoms with E-state index in [9.17, 15) is 12.8 Å². The zero-order valence-electron chi connectivity index (χ0n) is 10.2. The minimum absolute atomic E-state index is 0.0103. The van der Waals surface area contributed by atoms with Gasteiger partial charge in [0, 0.05) is 5.69 Å². The molecule has 0 aromatic heterocycles. The Labute approximate surface area is 115 Å². The number of halogens is 1. The Hall–Kier alpha value is -2.59. The maximum atomic E-state index is 13.2. The number of rotatable bonds is 3. The molecule has 0 saturated carbocycles. The molecular formula is C13H10FN3O2S. The molecule has 0 aliphatic carbocycles. The van der Waals surface area contributed by atoms with E-state index in [0.29, 0.717) is 5.56 Å². The van der Waals surface area contributed by atoms with Crippen LogP contribution in [0.5, 0.6) is 0 Å². The summed E-state index contributed by atoms with van der Waals surface area (Å²) >= 11 is 0. The van der Waals surface area contributed by atoms with E-state index in [0.717, 1.165) is 18.2 Å². The molecular weight excluding hydrogens is 281 g/mol. The predicted octanol–water partition coefficient (Wildman–Crippen LogP) is 2.08. The summed E-state index contributed by atoms with van der Waals surface area (Å²) in [5.41, 5.74) is 5.95. The van der Waals surface area contributed by atoms with Crippen LogP contribution in [0.3, 0.4) is 0 Å². The quantitative estimate of drug-likeness (QED) is 0.846. The van der Waals surface area contributed by atoms with Gasteiger partial charge >= 0.3 is 0 Å². The van der Waals surface area contributed by atoms with Crippen molar-refractivity contribution >= 4 is 21.4 Å². The summed E-state index contributed by atoms with van der Waals surface area (Å²) in [7, 11) is -3.96. The molecule has 0 spiro atoms. The summed E-state index contributed by atoms with van der Waals surface area (Å²) in [5.74, 6) is -0.740. The smallest absolute Gasteiger partial charge is 0.262 e. The second-order valence-electron chi connectivity index (χ2n) is 4.02.